The summed E-state index contributed by atoms with van der Waals surface area (Å²) in [6.45, 7) is 8.37. The predicted molar refractivity (Wildman–Crippen MR) is 98.9 cm³/mol. The van der Waals surface area contributed by atoms with E-state index < -0.39 is 0 Å². The third kappa shape index (κ3) is 15.7. The summed E-state index contributed by atoms with van der Waals surface area (Å²) in [6.07, 6.45) is 25.1. The summed E-state index contributed by atoms with van der Waals surface area (Å²) < 4.78 is 0. The Balaban J connectivity index is 3.53. The van der Waals surface area contributed by atoms with E-state index in [4.69, 9.17) is 0 Å². The van der Waals surface area contributed by atoms with E-state index in [9.17, 15) is 0 Å². The summed E-state index contributed by atoms with van der Waals surface area (Å²) in [5.74, 6) is 0. The minimum atomic E-state index is 1.20. The highest BCUT2D eigenvalue weighted by atomic mass is 14.0. The summed E-state index contributed by atoms with van der Waals surface area (Å²) in [7, 11) is 0. The number of unbranched alkanes of at least 4 members (excludes halogenated alkanes) is 10. The van der Waals surface area contributed by atoms with E-state index in [1.807, 2.05) is 6.08 Å². The van der Waals surface area contributed by atoms with E-state index in [1.165, 1.54) is 96.3 Å². The monoisotopic (exact) mass is 292 g/mol. The maximum atomic E-state index is 3.77. The second-order valence-electron chi connectivity index (χ2n) is 6.41. The molecule has 0 amide bonds. The maximum absolute atomic E-state index is 3.77. The second kappa shape index (κ2) is 17.5. The Kier molecular flexibility index (Phi) is 17.1. The molecule has 0 aromatic heterocycles. The highest BCUT2D eigenvalue weighted by molar-refractivity contribution is 5.01. The number of hydrogen-bond donors (Lipinski definition) is 0. The zero-order chi connectivity index (χ0) is 15.6. The highest BCUT2D eigenvalue weighted by Crippen LogP contribution is 2.17. The number of hydrogen-bond acceptors (Lipinski definition) is 0. The van der Waals surface area contributed by atoms with Crippen molar-refractivity contribution in [2.75, 3.05) is 0 Å². The SMILES string of the molecule is C=CCCCCCCCCCC=C(CCCC)CCCC. The van der Waals surface area contributed by atoms with Gasteiger partial charge in [0, 0.05) is 0 Å². The molecule has 0 heteroatoms. The molecule has 0 bridgehead atoms. The van der Waals surface area contributed by atoms with E-state index in [1.54, 1.807) is 5.57 Å². The molecule has 0 aromatic rings. The van der Waals surface area contributed by atoms with Gasteiger partial charge in [0.25, 0.3) is 0 Å². The van der Waals surface area contributed by atoms with Crippen molar-refractivity contribution in [1.29, 1.82) is 0 Å². The summed E-state index contributed by atoms with van der Waals surface area (Å²) in [5, 5.41) is 0. The van der Waals surface area contributed by atoms with Crippen molar-refractivity contribution in [3.8, 4) is 0 Å². The molecule has 0 aromatic carbocycles. The van der Waals surface area contributed by atoms with Crippen LogP contribution in [-0.4, -0.2) is 0 Å². The van der Waals surface area contributed by atoms with Gasteiger partial charge in [0.2, 0.25) is 0 Å². The van der Waals surface area contributed by atoms with Gasteiger partial charge in [0.05, 0.1) is 0 Å². The van der Waals surface area contributed by atoms with Crippen molar-refractivity contribution in [2.24, 2.45) is 0 Å². The molecular formula is C21H40. The fraction of sp³-hybridized carbons (Fsp3) is 0.810. The van der Waals surface area contributed by atoms with Crippen molar-refractivity contribution < 1.29 is 0 Å². The lowest BCUT2D eigenvalue weighted by atomic mass is 10.0. The van der Waals surface area contributed by atoms with Crippen LogP contribution in [0.4, 0.5) is 0 Å². The third-order valence-electron chi connectivity index (χ3n) is 4.25. The molecule has 0 radical (unpaired) electrons. The molecule has 0 nitrogen and oxygen atoms in total. The van der Waals surface area contributed by atoms with Crippen molar-refractivity contribution in [3.05, 3.63) is 24.3 Å². The van der Waals surface area contributed by atoms with Crippen molar-refractivity contribution >= 4 is 0 Å². The molecule has 21 heavy (non-hydrogen) atoms. The van der Waals surface area contributed by atoms with Gasteiger partial charge in [-0.25, -0.2) is 0 Å². The largest absolute Gasteiger partial charge is 0.103 e. The standard InChI is InChI=1S/C21H40/c1-4-7-10-11-12-13-14-15-16-17-20-21(18-8-5-2)19-9-6-3/h4,20H,1,5-19H2,2-3H3. The fourth-order valence-corrected chi connectivity index (χ4v) is 2.76. The van der Waals surface area contributed by atoms with Crippen LogP contribution in [0.5, 0.6) is 0 Å². The zero-order valence-corrected chi connectivity index (χ0v) is 15.0. The predicted octanol–water partition coefficient (Wildman–Crippen LogP) is 7.99. The summed E-state index contributed by atoms with van der Waals surface area (Å²) in [4.78, 5) is 0. The van der Waals surface area contributed by atoms with E-state index in [-0.39, 0.29) is 0 Å². The molecule has 0 heterocycles. The first-order valence-corrected chi connectivity index (χ1v) is 9.63. The first kappa shape index (κ1) is 20.5. The van der Waals surface area contributed by atoms with Gasteiger partial charge in [-0.15, -0.1) is 6.58 Å². The number of allylic oxidation sites excluding steroid dienone is 3. The molecule has 0 fully saturated rings. The van der Waals surface area contributed by atoms with E-state index >= 15 is 0 Å². The van der Waals surface area contributed by atoms with Crippen molar-refractivity contribution in [1.82, 2.24) is 0 Å². The van der Waals surface area contributed by atoms with Crippen LogP contribution in [0.2, 0.25) is 0 Å². The van der Waals surface area contributed by atoms with Gasteiger partial charge in [0.1, 0.15) is 0 Å². The first-order chi connectivity index (χ1) is 10.3. The van der Waals surface area contributed by atoms with Crippen molar-refractivity contribution in [3.63, 3.8) is 0 Å². The smallest absolute Gasteiger partial charge is 0.0320 e. The lowest BCUT2D eigenvalue weighted by molar-refractivity contribution is 0.582. The molecule has 0 aliphatic rings. The quantitative estimate of drug-likeness (QED) is 0.200. The Morgan fingerprint density at radius 3 is 1.62 bits per heavy atom. The van der Waals surface area contributed by atoms with Gasteiger partial charge >= 0.3 is 0 Å². The van der Waals surface area contributed by atoms with Crippen LogP contribution in [0.15, 0.2) is 24.3 Å². The maximum Gasteiger partial charge on any atom is -0.0320 e. The first-order valence-electron chi connectivity index (χ1n) is 9.63. The van der Waals surface area contributed by atoms with Crippen LogP contribution >= 0.6 is 0 Å². The summed E-state index contributed by atoms with van der Waals surface area (Å²) in [6, 6.07) is 0. The molecule has 124 valence electrons. The molecule has 0 aliphatic carbocycles. The van der Waals surface area contributed by atoms with Crippen LogP contribution < -0.4 is 0 Å². The van der Waals surface area contributed by atoms with Crippen LogP contribution in [-0.2, 0) is 0 Å². The minimum absolute atomic E-state index is 1.20. The van der Waals surface area contributed by atoms with E-state index in [0.717, 1.165) is 0 Å². The van der Waals surface area contributed by atoms with Crippen molar-refractivity contribution in [2.45, 2.75) is 110 Å². The number of rotatable bonds is 16. The summed E-state index contributed by atoms with van der Waals surface area (Å²) >= 11 is 0. The molecule has 0 N–H and O–H groups in total. The Morgan fingerprint density at radius 1 is 0.667 bits per heavy atom. The molecule has 0 spiro atoms. The lowest BCUT2D eigenvalue weighted by Gasteiger charge is -2.06. The Labute approximate surface area is 135 Å². The Bertz CT molecular complexity index is 226. The molecule has 0 unspecified atom stereocenters. The van der Waals surface area contributed by atoms with Gasteiger partial charge < -0.3 is 0 Å². The van der Waals surface area contributed by atoms with Crippen LogP contribution in [0.3, 0.4) is 0 Å². The van der Waals surface area contributed by atoms with Gasteiger partial charge in [-0.3, -0.25) is 0 Å². The van der Waals surface area contributed by atoms with Gasteiger partial charge in [-0.2, -0.15) is 0 Å². The highest BCUT2D eigenvalue weighted by Gasteiger charge is 1.97. The van der Waals surface area contributed by atoms with Crippen LogP contribution in [0.25, 0.3) is 0 Å². The molecule has 0 atom stereocenters. The fourth-order valence-electron chi connectivity index (χ4n) is 2.76. The second-order valence-corrected chi connectivity index (χ2v) is 6.41. The third-order valence-corrected chi connectivity index (χ3v) is 4.25. The van der Waals surface area contributed by atoms with Gasteiger partial charge in [0.15, 0.2) is 0 Å². The van der Waals surface area contributed by atoms with Gasteiger partial charge in [-0.05, 0) is 51.4 Å². The Hall–Kier alpha value is -0.520. The van der Waals surface area contributed by atoms with E-state index in [0.29, 0.717) is 0 Å². The zero-order valence-electron chi connectivity index (χ0n) is 15.0. The van der Waals surface area contributed by atoms with Gasteiger partial charge in [-0.1, -0.05) is 76.5 Å². The normalized spacial score (nSPS) is 10.6. The molecular weight excluding hydrogens is 252 g/mol. The average Bonchev–Trinajstić information content (AvgIpc) is 2.51. The molecule has 0 rings (SSSR count). The van der Waals surface area contributed by atoms with Crippen LogP contribution in [0, 0.1) is 0 Å². The topological polar surface area (TPSA) is 0 Å². The van der Waals surface area contributed by atoms with E-state index in [2.05, 4.69) is 26.5 Å². The Morgan fingerprint density at radius 2 is 1.14 bits per heavy atom. The molecule has 0 saturated heterocycles. The molecule has 0 aliphatic heterocycles. The lowest BCUT2D eigenvalue weighted by Crippen LogP contribution is -1.86. The minimum Gasteiger partial charge on any atom is -0.103 e. The molecule has 0 saturated carbocycles. The average molecular weight is 293 g/mol. The van der Waals surface area contributed by atoms with Crippen LogP contribution in [0.1, 0.15) is 110 Å². The summed E-state index contributed by atoms with van der Waals surface area (Å²) in [5.41, 5.74) is 1.74.